The van der Waals surface area contributed by atoms with Gasteiger partial charge in [0.05, 0.1) is 17.0 Å². The lowest BCUT2D eigenvalue weighted by Crippen LogP contribution is -2.35. The smallest absolute Gasteiger partial charge is 0.257 e. The number of likely N-dealkylation sites (tertiary alicyclic amines) is 1. The summed E-state index contributed by atoms with van der Waals surface area (Å²) in [5.74, 6) is 0.423. The van der Waals surface area contributed by atoms with Gasteiger partial charge in [-0.25, -0.2) is 9.50 Å². The van der Waals surface area contributed by atoms with Crippen LogP contribution in [-0.4, -0.2) is 44.5 Å². The largest absolute Gasteiger partial charge is 0.335 e. The average molecular weight is 324 g/mol. The summed E-state index contributed by atoms with van der Waals surface area (Å²) < 4.78 is 1.74. The molecule has 1 amide bonds. The van der Waals surface area contributed by atoms with Gasteiger partial charge in [-0.1, -0.05) is 0 Å². The lowest BCUT2D eigenvalue weighted by atomic mass is 10.1. The molecular weight excluding hydrogens is 302 g/mol. The number of nitrogens with zero attached hydrogens (tertiary/aromatic N) is 4. The molecule has 7 heteroatoms. The minimum absolute atomic E-state index is 0. The van der Waals surface area contributed by atoms with Gasteiger partial charge in [-0.3, -0.25) is 4.79 Å². The molecule has 0 aliphatic carbocycles. The first-order valence-corrected chi connectivity index (χ1v) is 7.34. The van der Waals surface area contributed by atoms with Crippen LogP contribution >= 0.6 is 12.4 Å². The third kappa shape index (κ3) is 2.68. The zero-order valence-electron chi connectivity index (χ0n) is 13.1. The van der Waals surface area contributed by atoms with Crippen LogP contribution in [0.15, 0.2) is 12.3 Å². The summed E-state index contributed by atoms with van der Waals surface area (Å²) in [5.41, 5.74) is 8.87. The van der Waals surface area contributed by atoms with Gasteiger partial charge in [-0.2, -0.15) is 5.10 Å². The molecule has 0 bridgehead atoms. The Bertz CT molecular complexity index is 699. The summed E-state index contributed by atoms with van der Waals surface area (Å²) in [6.45, 7) is 7.27. The number of aromatic nitrogens is 3. The van der Waals surface area contributed by atoms with E-state index in [1.54, 1.807) is 10.7 Å². The molecule has 2 unspecified atom stereocenters. The average Bonchev–Trinajstić information content (AvgIpc) is 3.01. The number of aryl methyl sites for hydroxylation is 2. The van der Waals surface area contributed by atoms with Gasteiger partial charge in [0.1, 0.15) is 0 Å². The van der Waals surface area contributed by atoms with Crippen molar-refractivity contribution in [2.45, 2.75) is 33.2 Å². The van der Waals surface area contributed by atoms with Gasteiger partial charge in [0.15, 0.2) is 5.65 Å². The Balaban J connectivity index is 0.00000176. The van der Waals surface area contributed by atoms with Crippen LogP contribution in [0.3, 0.4) is 0 Å². The Labute approximate surface area is 136 Å². The Morgan fingerprint density at radius 2 is 2.18 bits per heavy atom. The highest BCUT2D eigenvalue weighted by Crippen LogP contribution is 2.25. The summed E-state index contributed by atoms with van der Waals surface area (Å²) in [6, 6.07) is 2.13. The number of nitrogens with two attached hydrogens (primary N) is 1. The van der Waals surface area contributed by atoms with E-state index in [0.717, 1.165) is 30.0 Å². The van der Waals surface area contributed by atoms with Crippen molar-refractivity contribution in [2.24, 2.45) is 11.7 Å². The maximum Gasteiger partial charge on any atom is 0.257 e. The zero-order valence-corrected chi connectivity index (χ0v) is 13.9. The first-order chi connectivity index (χ1) is 10.0. The molecule has 2 aromatic rings. The van der Waals surface area contributed by atoms with E-state index in [1.807, 2.05) is 24.8 Å². The van der Waals surface area contributed by atoms with Crippen LogP contribution in [-0.2, 0) is 0 Å². The van der Waals surface area contributed by atoms with Crippen LogP contribution in [0.1, 0.15) is 35.1 Å². The van der Waals surface area contributed by atoms with Gasteiger partial charge in [0, 0.05) is 24.8 Å². The molecule has 0 spiro atoms. The van der Waals surface area contributed by atoms with Gasteiger partial charge in [0.25, 0.3) is 5.91 Å². The normalized spacial score (nSPS) is 21.2. The number of hydrogen-bond donors (Lipinski definition) is 1. The molecular formula is C15H22ClN5O. The van der Waals surface area contributed by atoms with Crippen LogP contribution in [0.4, 0.5) is 0 Å². The SMILES string of the molecule is Cc1cc2ncc(C(=O)N3CC(CN)CC3C)c(C)n2n1.Cl. The second-order valence-corrected chi connectivity index (χ2v) is 5.96. The highest BCUT2D eigenvalue weighted by molar-refractivity contribution is 5.95. The minimum atomic E-state index is 0. The van der Waals surface area contributed by atoms with Crippen LogP contribution in [0.25, 0.3) is 5.65 Å². The molecule has 0 saturated carbocycles. The van der Waals surface area contributed by atoms with Crippen molar-refractivity contribution in [1.82, 2.24) is 19.5 Å². The lowest BCUT2D eigenvalue weighted by molar-refractivity contribution is 0.0741. The Morgan fingerprint density at radius 3 is 2.82 bits per heavy atom. The van der Waals surface area contributed by atoms with Crippen molar-refractivity contribution in [3.63, 3.8) is 0 Å². The third-order valence-corrected chi connectivity index (χ3v) is 4.33. The molecule has 3 heterocycles. The molecule has 120 valence electrons. The standard InChI is InChI=1S/C15H21N5O.ClH/c1-9-4-14-17-7-13(11(3)20(14)18-9)15(21)19-8-12(6-16)5-10(19)2;/h4,7,10,12H,5-6,8,16H2,1-3H3;1H. The fourth-order valence-electron chi connectivity index (χ4n) is 3.12. The molecule has 1 aliphatic heterocycles. The minimum Gasteiger partial charge on any atom is -0.335 e. The number of carbonyl (C=O) groups is 1. The second-order valence-electron chi connectivity index (χ2n) is 5.96. The van der Waals surface area contributed by atoms with E-state index in [4.69, 9.17) is 5.73 Å². The van der Waals surface area contributed by atoms with E-state index in [0.29, 0.717) is 18.0 Å². The van der Waals surface area contributed by atoms with Gasteiger partial charge in [-0.15, -0.1) is 12.4 Å². The third-order valence-electron chi connectivity index (χ3n) is 4.33. The summed E-state index contributed by atoms with van der Waals surface area (Å²) in [4.78, 5) is 19.0. The van der Waals surface area contributed by atoms with E-state index in [-0.39, 0.29) is 24.4 Å². The quantitative estimate of drug-likeness (QED) is 0.910. The van der Waals surface area contributed by atoms with E-state index in [2.05, 4.69) is 17.0 Å². The molecule has 2 aromatic heterocycles. The maximum atomic E-state index is 12.8. The molecule has 6 nitrogen and oxygen atoms in total. The summed E-state index contributed by atoms with van der Waals surface area (Å²) in [5, 5.41) is 4.40. The number of halogens is 1. The van der Waals surface area contributed by atoms with E-state index in [1.165, 1.54) is 0 Å². The zero-order chi connectivity index (χ0) is 15.1. The fourth-order valence-corrected chi connectivity index (χ4v) is 3.12. The van der Waals surface area contributed by atoms with Crippen molar-refractivity contribution in [1.29, 1.82) is 0 Å². The first-order valence-electron chi connectivity index (χ1n) is 7.34. The highest BCUT2D eigenvalue weighted by Gasteiger charge is 2.33. The molecule has 1 aliphatic rings. The lowest BCUT2D eigenvalue weighted by Gasteiger charge is -2.22. The predicted octanol–water partition coefficient (Wildman–Crippen LogP) is 1.58. The number of hydrogen-bond acceptors (Lipinski definition) is 4. The van der Waals surface area contributed by atoms with Crippen LogP contribution in [0.2, 0.25) is 0 Å². The number of rotatable bonds is 2. The van der Waals surface area contributed by atoms with Crippen LogP contribution in [0.5, 0.6) is 0 Å². The molecule has 3 rings (SSSR count). The van der Waals surface area contributed by atoms with Crippen molar-refractivity contribution in [3.05, 3.63) is 29.2 Å². The monoisotopic (exact) mass is 323 g/mol. The van der Waals surface area contributed by atoms with E-state index >= 15 is 0 Å². The highest BCUT2D eigenvalue weighted by atomic mass is 35.5. The van der Waals surface area contributed by atoms with Crippen LogP contribution in [0, 0.1) is 19.8 Å². The topological polar surface area (TPSA) is 76.5 Å². The molecule has 2 atom stereocenters. The first kappa shape index (κ1) is 16.7. The van der Waals surface area contributed by atoms with Crippen molar-refractivity contribution in [3.8, 4) is 0 Å². The summed E-state index contributed by atoms with van der Waals surface area (Å²) in [6.07, 6.45) is 2.63. The summed E-state index contributed by atoms with van der Waals surface area (Å²) >= 11 is 0. The fraction of sp³-hybridized carbons (Fsp3) is 0.533. The number of carbonyl (C=O) groups excluding carboxylic acids is 1. The Kier molecular flexibility index (Phi) is 4.72. The summed E-state index contributed by atoms with van der Waals surface area (Å²) in [7, 11) is 0. The van der Waals surface area contributed by atoms with E-state index in [9.17, 15) is 4.79 Å². The van der Waals surface area contributed by atoms with Crippen molar-refractivity contribution >= 4 is 24.0 Å². The Hall–Kier alpha value is -1.66. The molecule has 22 heavy (non-hydrogen) atoms. The van der Waals surface area contributed by atoms with Gasteiger partial charge in [-0.05, 0) is 39.7 Å². The van der Waals surface area contributed by atoms with Crippen molar-refractivity contribution < 1.29 is 4.79 Å². The maximum absolute atomic E-state index is 12.8. The number of amides is 1. The van der Waals surface area contributed by atoms with Gasteiger partial charge < -0.3 is 10.6 Å². The predicted molar refractivity (Wildman–Crippen MR) is 87.4 cm³/mol. The second kappa shape index (κ2) is 6.22. The molecule has 0 radical (unpaired) electrons. The molecule has 0 aromatic carbocycles. The van der Waals surface area contributed by atoms with Crippen LogP contribution < -0.4 is 5.73 Å². The van der Waals surface area contributed by atoms with Crippen molar-refractivity contribution in [2.75, 3.05) is 13.1 Å². The van der Waals surface area contributed by atoms with Gasteiger partial charge in [0.2, 0.25) is 0 Å². The van der Waals surface area contributed by atoms with E-state index < -0.39 is 0 Å². The van der Waals surface area contributed by atoms with Gasteiger partial charge >= 0.3 is 0 Å². The molecule has 2 N–H and O–H groups in total. The Morgan fingerprint density at radius 1 is 1.45 bits per heavy atom. The molecule has 1 saturated heterocycles. The number of fused-ring (bicyclic) bond motifs is 1. The molecule has 1 fully saturated rings.